The Morgan fingerprint density at radius 3 is 2.23 bits per heavy atom. The number of aliphatic hydroxyl groups excluding tert-OH is 1. The van der Waals surface area contributed by atoms with Crippen molar-refractivity contribution in [2.75, 3.05) is 14.2 Å². The van der Waals surface area contributed by atoms with Crippen molar-refractivity contribution in [3.05, 3.63) is 24.0 Å². The fourth-order valence-electron chi connectivity index (χ4n) is 3.80. The van der Waals surface area contributed by atoms with Gasteiger partial charge in [0.25, 0.3) is 0 Å². The summed E-state index contributed by atoms with van der Waals surface area (Å²) < 4.78 is 11.3. The molecule has 0 bridgehead atoms. The number of hydrogen-bond acceptors (Lipinski definition) is 7. The lowest BCUT2D eigenvalue weighted by Gasteiger charge is -2.19. The Labute approximate surface area is 216 Å². The highest BCUT2D eigenvalue weighted by molar-refractivity contribution is 8.00. The van der Waals surface area contributed by atoms with Crippen molar-refractivity contribution in [2.45, 2.75) is 113 Å². The summed E-state index contributed by atoms with van der Waals surface area (Å²) in [5, 5.41) is 11.2. The molecule has 1 heterocycles. The summed E-state index contributed by atoms with van der Waals surface area (Å²) >= 11 is 1.43. The molecule has 2 atom stereocenters. The number of hydrogen-bond donors (Lipinski definition) is 1. The van der Waals surface area contributed by atoms with Crippen LogP contribution in [0.5, 0.6) is 0 Å². The van der Waals surface area contributed by atoms with Gasteiger partial charge in [0.1, 0.15) is 0 Å². The topological polar surface area (TPSA) is 90.6 Å². The maximum Gasteiger partial charge on any atom is 0.311 e. The van der Waals surface area contributed by atoms with Gasteiger partial charge in [0, 0.05) is 19.7 Å². The summed E-state index contributed by atoms with van der Waals surface area (Å²) in [5.74, 6) is -0.676. The van der Waals surface area contributed by atoms with Gasteiger partial charge in [-0.2, -0.15) is 0 Å². The first-order valence-electron chi connectivity index (χ1n) is 13.1. The minimum absolute atomic E-state index is 0.106. The molecule has 0 saturated heterocycles. The van der Waals surface area contributed by atoms with Crippen molar-refractivity contribution in [3.63, 3.8) is 0 Å². The normalized spacial score (nSPS) is 13.2. The number of allylic oxidation sites excluding steroid dienone is 1. The van der Waals surface area contributed by atoms with E-state index in [-0.39, 0.29) is 30.0 Å². The zero-order valence-electron chi connectivity index (χ0n) is 22.2. The lowest BCUT2D eigenvalue weighted by atomic mass is 10.1. The van der Waals surface area contributed by atoms with E-state index in [4.69, 9.17) is 9.47 Å². The van der Waals surface area contributed by atoms with Gasteiger partial charge in [-0.1, -0.05) is 88.6 Å². The van der Waals surface area contributed by atoms with Crippen LogP contribution in [0.3, 0.4) is 0 Å². The van der Waals surface area contributed by atoms with Crippen molar-refractivity contribution < 1.29 is 24.2 Å². The molecule has 1 aromatic rings. The van der Waals surface area contributed by atoms with Crippen LogP contribution in [-0.4, -0.2) is 52.2 Å². The highest BCUT2D eigenvalue weighted by Gasteiger charge is 2.22. The third-order valence-corrected chi connectivity index (χ3v) is 7.31. The molecule has 7 nitrogen and oxygen atoms in total. The Morgan fingerprint density at radius 1 is 1.03 bits per heavy atom. The minimum atomic E-state index is -0.719. The van der Waals surface area contributed by atoms with E-state index in [1.54, 1.807) is 6.20 Å². The maximum absolute atomic E-state index is 11.6. The molecule has 0 aliphatic heterocycles. The van der Waals surface area contributed by atoms with Crippen molar-refractivity contribution in [1.82, 2.24) is 9.55 Å². The van der Waals surface area contributed by atoms with Gasteiger partial charge in [-0.3, -0.25) is 9.59 Å². The Morgan fingerprint density at radius 2 is 1.63 bits per heavy atom. The Kier molecular flexibility index (Phi) is 17.3. The summed E-state index contributed by atoms with van der Waals surface area (Å²) in [5.41, 5.74) is 0.624. The summed E-state index contributed by atoms with van der Waals surface area (Å²) in [7, 11) is 4.57. The van der Waals surface area contributed by atoms with Crippen LogP contribution < -0.4 is 0 Å². The minimum Gasteiger partial charge on any atom is -0.469 e. The van der Waals surface area contributed by atoms with Gasteiger partial charge in [0.05, 0.1) is 37.7 Å². The Hall–Kier alpha value is -1.80. The largest absolute Gasteiger partial charge is 0.469 e. The number of carbonyl (C=O) groups is 2. The number of esters is 2. The molecule has 0 spiro atoms. The number of methoxy groups -OCH3 is 2. The lowest BCUT2D eigenvalue weighted by Crippen LogP contribution is -2.23. The number of aryl methyl sites for hydroxylation is 1. The predicted molar refractivity (Wildman–Crippen MR) is 141 cm³/mol. The van der Waals surface area contributed by atoms with E-state index in [1.165, 1.54) is 83.8 Å². The Balaban J connectivity index is 2.54. The first-order valence-corrected chi connectivity index (χ1v) is 14.0. The third kappa shape index (κ3) is 14.4. The highest BCUT2D eigenvalue weighted by Crippen LogP contribution is 2.28. The molecule has 0 saturated carbocycles. The van der Waals surface area contributed by atoms with E-state index in [1.807, 2.05) is 17.7 Å². The molecule has 0 amide bonds. The van der Waals surface area contributed by atoms with E-state index in [2.05, 4.69) is 18.0 Å². The van der Waals surface area contributed by atoms with Gasteiger partial charge in [-0.05, 0) is 19.3 Å². The summed E-state index contributed by atoms with van der Waals surface area (Å²) in [6, 6.07) is 0. The zero-order chi connectivity index (χ0) is 25.9. The van der Waals surface area contributed by atoms with Gasteiger partial charge in [0.15, 0.2) is 5.16 Å². The standard InChI is InChI=1S/C27H46N2O5S/c1-5-6-7-8-9-10-11-12-13-14-15-16-17-24(23(30)18-19-25(31)33-3)35-27-28-22(21-29(27)2)20-26(32)34-4/h16-17,21,23-24,30H,5-15,18-20H2,1-4H3/b17-16-. The first-order chi connectivity index (χ1) is 16.9. The zero-order valence-corrected chi connectivity index (χ0v) is 23.0. The van der Waals surface area contributed by atoms with E-state index < -0.39 is 6.10 Å². The summed E-state index contributed by atoms with van der Waals surface area (Å²) in [6.45, 7) is 2.25. The number of nitrogens with zero attached hydrogens (tertiary/aromatic N) is 2. The van der Waals surface area contributed by atoms with E-state index in [9.17, 15) is 14.7 Å². The van der Waals surface area contributed by atoms with E-state index in [0.29, 0.717) is 17.3 Å². The fourth-order valence-corrected chi connectivity index (χ4v) is 4.92. The molecule has 1 aromatic heterocycles. The van der Waals surface area contributed by atoms with Gasteiger partial charge >= 0.3 is 11.9 Å². The molecule has 1 rings (SSSR count). The number of thioether (sulfide) groups is 1. The van der Waals surface area contributed by atoms with Crippen LogP contribution >= 0.6 is 11.8 Å². The van der Waals surface area contributed by atoms with Crippen molar-refractivity contribution in [3.8, 4) is 0 Å². The average Bonchev–Trinajstić information content (AvgIpc) is 3.19. The maximum atomic E-state index is 11.6. The molecule has 0 aromatic carbocycles. The number of ether oxygens (including phenoxy) is 2. The third-order valence-electron chi connectivity index (χ3n) is 5.98. The number of imidazole rings is 1. The van der Waals surface area contributed by atoms with Crippen LogP contribution in [0.25, 0.3) is 0 Å². The molecule has 0 fully saturated rings. The van der Waals surface area contributed by atoms with E-state index in [0.717, 1.165) is 12.8 Å². The quantitative estimate of drug-likeness (QED) is 0.103. The van der Waals surface area contributed by atoms with Crippen LogP contribution in [0.2, 0.25) is 0 Å². The van der Waals surface area contributed by atoms with Gasteiger partial charge in [0.2, 0.25) is 0 Å². The van der Waals surface area contributed by atoms with Crippen LogP contribution in [0.1, 0.15) is 96.1 Å². The molecule has 200 valence electrons. The van der Waals surface area contributed by atoms with Gasteiger partial charge < -0.3 is 19.1 Å². The van der Waals surface area contributed by atoms with Crippen LogP contribution in [0.15, 0.2) is 23.5 Å². The first kappa shape index (κ1) is 31.2. The van der Waals surface area contributed by atoms with Crippen molar-refractivity contribution in [2.24, 2.45) is 7.05 Å². The summed E-state index contributed by atoms with van der Waals surface area (Å²) in [4.78, 5) is 27.6. The molecule has 0 radical (unpaired) electrons. The van der Waals surface area contributed by atoms with Gasteiger partial charge in [-0.25, -0.2) is 4.98 Å². The smallest absolute Gasteiger partial charge is 0.311 e. The van der Waals surface area contributed by atoms with E-state index >= 15 is 0 Å². The molecule has 2 unspecified atom stereocenters. The molecular formula is C27H46N2O5S. The second-order valence-corrected chi connectivity index (χ2v) is 10.2. The number of rotatable bonds is 20. The monoisotopic (exact) mass is 510 g/mol. The number of aromatic nitrogens is 2. The number of carbonyl (C=O) groups excluding carboxylic acids is 2. The fraction of sp³-hybridized carbons (Fsp3) is 0.741. The number of unbranched alkanes of at least 4 members (excludes halogenated alkanes) is 10. The predicted octanol–water partition coefficient (Wildman–Crippen LogP) is 5.78. The molecular weight excluding hydrogens is 464 g/mol. The molecule has 8 heteroatoms. The van der Waals surface area contributed by atoms with Gasteiger partial charge in [-0.15, -0.1) is 0 Å². The second-order valence-electron chi connectivity index (χ2n) is 9.04. The second kappa shape index (κ2) is 19.4. The van der Waals surface area contributed by atoms with Crippen LogP contribution in [0, 0.1) is 0 Å². The Bertz CT molecular complexity index is 750. The summed E-state index contributed by atoms with van der Waals surface area (Å²) in [6.07, 6.45) is 19.8. The average molecular weight is 511 g/mol. The molecule has 1 N–H and O–H groups in total. The van der Waals surface area contributed by atoms with Crippen LogP contribution in [-0.2, 0) is 32.5 Å². The van der Waals surface area contributed by atoms with Crippen molar-refractivity contribution >= 4 is 23.7 Å². The molecule has 0 aliphatic carbocycles. The highest BCUT2D eigenvalue weighted by atomic mass is 32.2. The molecule has 0 aliphatic rings. The molecule has 35 heavy (non-hydrogen) atoms. The van der Waals surface area contributed by atoms with Crippen LogP contribution in [0.4, 0.5) is 0 Å². The lowest BCUT2D eigenvalue weighted by molar-refractivity contribution is -0.141. The number of aliphatic hydroxyl groups is 1. The SMILES string of the molecule is CCCCCCCCCCCC/C=C\C(Sc1nc(CC(=O)OC)cn1C)C(O)CCC(=O)OC. The van der Waals surface area contributed by atoms with Crippen molar-refractivity contribution in [1.29, 1.82) is 0 Å².